The molecule has 0 amide bonds. The molecule has 0 bridgehead atoms. The number of nitrogens with zero attached hydrogens (tertiary/aromatic N) is 3. The summed E-state index contributed by atoms with van der Waals surface area (Å²) in [7, 11) is 0. The highest BCUT2D eigenvalue weighted by atomic mass is 15.6. The van der Waals surface area contributed by atoms with E-state index in [9.17, 15) is 5.26 Å². The predicted octanol–water partition coefficient (Wildman–Crippen LogP) is 5.14. The van der Waals surface area contributed by atoms with Crippen molar-refractivity contribution in [2.24, 2.45) is 4.99 Å². The van der Waals surface area contributed by atoms with Gasteiger partial charge in [0, 0.05) is 5.56 Å². The number of fused-ring (bicyclic) bond motifs is 1. The van der Waals surface area contributed by atoms with Crippen LogP contribution >= 0.6 is 0 Å². The lowest BCUT2D eigenvalue weighted by Crippen LogP contribution is -2.34. The van der Waals surface area contributed by atoms with E-state index in [0.717, 1.165) is 28.1 Å². The predicted molar refractivity (Wildman–Crippen MR) is 119 cm³/mol. The molecule has 3 aromatic carbocycles. The smallest absolute Gasteiger partial charge is 0.164 e. The van der Waals surface area contributed by atoms with Crippen LogP contribution in [0.3, 0.4) is 0 Å². The van der Waals surface area contributed by atoms with Crippen molar-refractivity contribution in [2.45, 2.75) is 13.0 Å². The highest BCUT2D eigenvalue weighted by Gasteiger charge is 2.37. The van der Waals surface area contributed by atoms with Gasteiger partial charge in [0.25, 0.3) is 0 Å². The van der Waals surface area contributed by atoms with Crippen molar-refractivity contribution < 1.29 is 0 Å². The number of aryl methyl sites for hydroxylation is 1. The number of hydrogen-bond donors (Lipinski definition) is 1. The number of rotatable bonds is 3. The Kier molecular flexibility index (Phi) is 4.51. The van der Waals surface area contributed by atoms with Gasteiger partial charge in [0.2, 0.25) is 0 Å². The molecule has 2 aliphatic rings. The zero-order chi connectivity index (χ0) is 20.5. The molecule has 5 rings (SSSR count). The average molecular weight is 388 g/mol. The fraction of sp³-hybridized carbons (Fsp3) is 0.0769. The van der Waals surface area contributed by atoms with Crippen molar-refractivity contribution in [3.8, 4) is 6.07 Å². The molecule has 0 aromatic heterocycles. The van der Waals surface area contributed by atoms with Gasteiger partial charge in [0.05, 0.1) is 23.0 Å². The van der Waals surface area contributed by atoms with Crippen LogP contribution in [0.15, 0.2) is 107 Å². The first-order valence-electron chi connectivity index (χ1n) is 9.93. The summed E-state index contributed by atoms with van der Waals surface area (Å²) >= 11 is 0. The Bertz CT molecular complexity index is 1210. The lowest BCUT2D eigenvalue weighted by Gasteiger charge is -2.28. The van der Waals surface area contributed by atoms with E-state index in [0.29, 0.717) is 11.4 Å². The number of allylic oxidation sites excluding steroid dienone is 1. The molecule has 1 atom stereocenters. The topological polar surface area (TPSA) is 51.4 Å². The first-order chi connectivity index (χ1) is 14.7. The van der Waals surface area contributed by atoms with Crippen LogP contribution in [0.1, 0.15) is 28.3 Å². The summed E-state index contributed by atoms with van der Waals surface area (Å²) in [4.78, 5) is 4.90. The number of hydrogen-bond acceptors (Lipinski definition) is 4. The molecular formula is C26H20N4. The molecule has 2 heterocycles. The lowest BCUT2D eigenvalue weighted by molar-refractivity contribution is 0.362. The molecule has 3 aromatic rings. The van der Waals surface area contributed by atoms with Crippen LogP contribution in [-0.2, 0) is 0 Å². The maximum atomic E-state index is 10.0. The highest BCUT2D eigenvalue weighted by Crippen LogP contribution is 2.39. The van der Waals surface area contributed by atoms with Crippen LogP contribution in [-0.4, -0.2) is 10.7 Å². The van der Waals surface area contributed by atoms with Gasteiger partial charge in [-0.25, -0.2) is 10.4 Å². The third-order valence-electron chi connectivity index (χ3n) is 5.41. The fourth-order valence-corrected chi connectivity index (χ4v) is 3.83. The summed E-state index contributed by atoms with van der Waals surface area (Å²) in [6.07, 6.45) is 2.08. The Morgan fingerprint density at radius 3 is 2.13 bits per heavy atom. The maximum Gasteiger partial charge on any atom is 0.164 e. The molecular weight excluding hydrogens is 368 g/mol. The lowest BCUT2D eigenvalue weighted by atomic mass is 9.99. The van der Waals surface area contributed by atoms with Gasteiger partial charge < -0.3 is 0 Å². The summed E-state index contributed by atoms with van der Waals surface area (Å²) in [5, 5.41) is 12.0. The van der Waals surface area contributed by atoms with Crippen LogP contribution in [0, 0.1) is 18.3 Å². The van der Waals surface area contributed by atoms with E-state index in [2.05, 4.69) is 60.9 Å². The molecule has 1 unspecified atom stereocenters. The van der Waals surface area contributed by atoms with Gasteiger partial charge in [0.15, 0.2) is 5.82 Å². The Balaban J connectivity index is 1.68. The van der Waals surface area contributed by atoms with Crippen molar-refractivity contribution >= 4 is 11.4 Å². The Labute approximate surface area is 176 Å². The first-order valence-corrected chi connectivity index (χ1v) is 9.93. The Hall–Kier alpha value is -3.94. The molecule has 30 heavy (non-hydrogen) atoms. The molecule has 2 aliphatic heterocycles. The molecule has 0 saturated carbocycles. The number of nitrogens with one attached hydrogen (secondary N) is 1. The minimum absolute atomic E-state index is 0.239. The second-order valence-electron chi connectivity index (χ2n) is 7.42. The Morgan fingerprint density at radius 2 is 1.50 bits per heavy atom. The number of aliphatic imine (C=N–C) groups is 1. The summed E-state index contributed by atoms with van der Waals surface area (Å²) in [5.41, 5.74) is 10.3. The van der Waals surface area contributed by atoms with Crippen molar-refractivity contribution in [1.82, 2.24) is 10.4 Å². The van der Waals surface area contributed by atoms with E-state index in [1.165, 1.54) is 5.56 Å². The molecule has 1 N–H and O–H groups in total. The minimum atomic E-state index is -0.239. The van der Waals surface area contributed by atoms with Crippen LogP contribution in [0.25, 0.3) is 5.70 Å². The molecule has 0 saturated heterocycles. The van der Waals surface area contributed by atoms with E-state index in [1.807, 2.05) is 53.5 Å². The Morgan fingerprint density at radius 1 is 0.867 bits per heavy atom. The van der Waals surface area contributed by atoms with Gasteiger partial charge in [-0.05, 0) is 24.1 Å². The first kappa shape index (κ1) is 18.1. The van der Waals surface area contributed by atoms with Gasteiger partial charge in [0.1, 0.15) is 6.07 Å². The molecule has 4 heteroatoms. The van der Waals surface area contributed by atoms with Gasteiger partial charge in [-0.15, -0.1) is 0 Å². The van der Waals surface area contributed by atoms with Crippen LogP contribution in [0.2, 0.25) is 0 Å². The van der Waals surface area contributed by atoms with Crippen LogP contribution in [0.4, 0.5) is 0 Å². The largest absolute Gasteiger partial charge is 0.257 e. The molecule has 4 nitrogen and oxygen atoms in total. The second kappa shape index (κ2) is 7.47. The monoisotopic (exact) mass is 388 g/mol. The van der Waals surface area contributed by atoms with E-state index < -0.39 is 0 Å². The van der Waals surface area contributed by atoms with Gasteiger partial charge in [-0.3, -0.25) is 5.01 Å². The zero-order valence-electron chi connectivity index (χ0n) is 16.6. The molecule has 0 spiro atoms. The van der Waals surface area contributed by atoms with Gasteiger partial charge in [-0.2, -0.15) is 5.26 Å². The average Bonchev–Trinajstić information content (AvgIpc) is 3.18. The third kappa shape index (κ3) is 3.12. The van der Waals surface area contributed by atoms with Crippen molar-refractivity contribution in [3.05, 3.63) is 125 Å². The number of nitriles is 1. The van der Waals surface area contributed by atoms with Crippen LogP contribution < -0.4 is 5.43 Å². The number of hydrazine groups is 1. The zero-order valence-corrected chi connectivity index (χ0v) is 16.6. The standard InChI is InChI=1S/C26H20N4/c1-18-12-14-21(15-13-18)25-22(17-27)26-28-23(19-8-4-2-5-9-19)16-24(30(26)29-25)20-10-6-3-7-11-20/h2-16,25,29H,1H3. The summed E-state index contributed by atoms with van der Waals surface area (Å²) in [6.45, 7) is 2.06. The van der Waals surface area contributed by atoms with Gasteiger partial charge in [-0.1, -0.05) is 90.5 Å². The third-order valence-corrected chi connectivity index (χ3v) is 5.41. The summed E-state index contributed by atoms with van der Waals surface area (Å²) in [5.74, 6) is 0.656. The number of benzene rings is 3. The highest BCUT2D eigenvalue weighted by molar-refractivity contribution is 6.13. The molecule has 0 radical (unpaired) electrons. The molecule has 0 fully saturated rings. The maximum absolute atomic E-state index is 10.0. The SMILES string of the molecule is Cc1ccc(C2NN3C(c4ccccc4)=CC(c4ccccc4)=NC3=C2C#N)cc1. The fourth-order valence-electron chi connectivity index (χ4n) is 3.83. The molecule has 144 valence electrons. The van der Waals surface area contributed by atoms with E-state index in [1.54, 1.807) is 0 Å². The van der Waals surface area contributed by atoms with E-state index in [4.69, 9.17) is 4.99 Å². The van der Waals surface area contributed by atoms with Gasteiger partial charge >= 0.3 is 0 Å². The molecule has 0 aliphatic carbocycles. The minimum Gasteiger partial charge on any atom is -0.257 e. The second-order valence-corrected chi connectivity index (χ2v) is 7.42. The van der Waals surface area contributed by atoms with E-state index >= 15 is 0 Å². The quantitative estimate of drug-likeness (QED) is 0.676. The van der Waals surface area contributed by atoms with Crippen molar-refractivity contribution in [3.63, 3.8) is 0 Å². The van der Waals surface area contributed by atoms with Crippen molar-refractivity contribution in [1.29, 1.82) is 5.26 Å². The van der Waals surface area contributed by atoms with Crippen molar-refractivity contribution in [2.75, 3.05) is 0 Å². The normalized spacial score (nSPS) is 17.9. The summed E-state index contributed by atoms with van der Waals surface area (Å²) < 4.78 is 0. The van der Waals surface area contributed by atoms with Crippen LogP contribution in [0.5, 0.6) is 0 Å². The van der Waals surface area contributed by atoms with E-state index in [-0.39, 0.29) is 6.04 Å². The summed E-state index contributed by atoms with van der Waals surface area (Å²) in [6, 6.07) is 30.7.